The second-order valence-electron chi connectivity index (χ2n) is 6.50. The fraction of sp³-hybridized carbons (Fsp3) is 0.750. The summed E-state index contributed by atoms with van der Waals surface area (Å²) in [6.07, 6.45) is 2.80. The number of nitrogens with zero attached hydrogens (tertiary/aromatic N) is 2. The lowest BCUT2D eigenvalue weighted by Gasteiger charge is -2.12. The van der Waals surface area contributed by atoms with Crippen molar-refractivity contribution < 1.29 is 4.79 Å². The lowest BCUT2D eigenvalue weighted by molar-refractivity contribution is -0.120. The van der Waals surface area contributed by atoms with Crippen LogP contribution in [0, 0.1) is 19.8 Å². The minimum atomic E-state index is 0. The van der Waals surface area contributed by atoms with Crippen LogP contribution in [0.5, 0.6) is 0 Å². The van der Waals surface area contributed by atoms with Crippen LogP contribution in [0.3, 0.4) is 0 Å². The maximum absolute atomic E-state index is 12.1. The largest absolute Gasteiger partial charge is 0.354 e. The zero-order valence-electron chi connectivity index (χ0n) is 14.1. The van der Waals surface area contributed by atoms with E-state index in [0.29, 0.717) is 18.4 Å². The molecule has 0 radical (unpaired) electrons. The summed E-state index contributed by atoms with van der Waals surface area (Å²) in [6, 6.07) is 0.444. The van der Waals surface area contributed by atoms with Gasteiger partial charge in [-0.25, -0.2) is 0 Å². The molecule has 1 amide bonds. The van der Waals surface area contributed by atoms with E-state index in [0.717, 1.165) is 43.0 Å². The number of aryl methyl sites for hydroxylation is 1. The van der Waals surface area contributed by atoms with E-state index in [1.165, 1.54) is 6.42 Å². The average Bonchev–Trinajstić information content (AvgIpc) is 3.00. The van der Waals surface area contributed by atoms with Crippen LogP contribution in [0.25, 0.3) is 0 Å². The molecule has 2 N–H and O–H groups in total. The Bertz CT molecular complexity index is 493. The van der Waals surface area contributed by atoms with Gasteiger partial charge in [-0.15, -0.1) is 12.4 Å². The molecule has 0 aliphatic carbocycles. The fourth-order valence-electron chi connectivity index (χ4n) is 2.90. The van der Waals surface area contributed by atoms with Crippen LogP contribution in [-0.4, -0.2) is 34.8 Å². The van der Waals surface area contributed by atoms with Crippen molar-refractivity contribution >= 4 is 18.3 Å². The third kappa shape index (κ3) is 4.99. The smallest absolute Gasteiger partial charge is 0.224 e. The molecule has 1 atom stereocenters. The molecule has 5 nitrogen and oxygen atoms in total. The van der Waals surface area contributed by atoms with Crippen molar-refractivity contribution in [2.75, 3.05) is 13.1 Å². The highest BCUT2D eigenvalue weighted by atomic mass is 35.5. The van der Waals surface area contributed by atoms with Crippen LogP contribution in [0.4, 0.5) is 0 Å². The van der Waals surface area contributed by atoms with E-state index in [4.69, 9.17) is 0 Å². The van der Waals surface area contributed by atoms with E-state index in [-0.39, 0.29) is 18.3 Å². The van der Waals surface area contributed by atoms with Gasteiger partial charge < -0.3 is 10.6 Å². The molecule has 1 saturated heterocycles. The van der Waals surface area contributed by atoms with Crippen molar-refractivity contribution in [3.05, 3.63) is 17.0 Å². The number of carbonyl (C=O) groups is 1. The Labute approximate surface area is 139 Å². The first-order chi connectivity index (χ1) is 9.97. The van der Waals surface area contributed by atoms with Crippen LogP contribution in [0.2, 0.25) is 0 Å². The van der Waals surface area contributed by atoms with E-state index in [1.807, 2.05) is 11.6 Å². The number of hydrogen-bond acceptors (Lipinski definition) is 3. The molecular weight excluding hydrogens is 300 g/mol. The summed E-state index contributed by atoms with van der Waals surface area (Å²) >= 11 is 0. The summed E-state index contributed by atoms with van der Waals surface area (Å²) in [5, 5.41) is 11.0. The van der Waals surface area contributed by atoms with Gasteiger partial charge in [0.1, 0.15) is 0 Å². The first kappa shape index (κ1) is 19.0. The topological polar surface area (TPSA) is 59.0 Å². The predicted molar refractivity (Wildman–Crippen MR) is 91.5 cm³/mol. The molecule has 0 spiro atoms. The van der Waals surface area contributed by atoms with Gasteiger partial charge in [-0.2, -0.15) is 5.10 Å². The van der Waals surface area contributed by atoms with E-state index in [9.17, 15) is 4.79 Å². The van der Waals surface area contributed by atoms with Gasteiger partial charge in [0.25, 0.3) is 0 Å². The lowest BCUT2D eigenvalue weighted by Crippen LogP contribution is -2.37. The molecule has 1 aliphatic rings. The van der Waals surface area contributed by atoms with Crippen LogP contribution >= 0.6 is 12.4 Å². The second kappa shape index (κ2) is 8.53. The molecule has 0 bridgehead atoms. The standard InChI is InChI=1S/C16H28N4O.ClH/c1-11(2)10-20-13(4)15(12(3)19-20)8-16(21)18-9-14-6-5-7-17-14;/h11,14,17H,5-10H2,1-4H3,(H,18,21);1H. The number of carbonyl (C=O) groups excluding carboxylic acids is 1. The molecule has 2 heterocycles. The zero-order valence-corrected chi connectivity index (χ0v) is 14.9. The van der Waals surface area contributed by atoms with Crippen molar-refractivity contribution in [3.63, 3.8) is 0 Å². The Hall–Kier alpha value is -1.07. The van der Waals surface area contributed by atoms with Crippen LogP contribution in [-0.2, 0) is 17.8 Å². The monoisotopic (exact) mass is 328 g/mol. The summed E-state index contributed by atoms with van der Waals surface area (Å²) in [5.41, 5.74) is 3.17. The summed E-state index contributed by atoms with van der Waals surface area (Å²) in [6.45, 7) is 11.1. The lowest BCUT2D eigenvalue weighted by atomic mass is 10.1. The third-order valence-corrected chi connectivity index (χ3v) is 4.11. The quantitative estimate of drug-likeness (QED) is 0.839. The Morgan fingerprint density at radius 3 is 2.77 bits per heavy atom. The van der Waals surface area contributed by atoms with Crippen molar-refractivity contribution in [3.8, 4) is 0 Å². The fourth-order valence-corrected chi connectivity index (χ4v) is 2.90. The van der Waals surface area contributed by atoms with Crippen LogP contribution in [0.15, 0.2) is 0 Å². The Balaban J connectivity index is 0.00000242. The SMILES string of the molecule is Cc1nn(CC(C)C)c(C)c1CC(=O)NCC1CCCN1.Cl. The maximum atomic E-state index is 12.1. The molecule has 1 aromatic heterocycles. The zero-order chi connectivity index (χ0) is 15.4. The molecule has 2 rings (SSSR count). The van der Waals surface area contributed by atoms with Crippen molar-refractivity contribution in [2.24, 2.45) is 5.92 Å². The minimum absolute atomic E-state index is 0. The normalized spacial score (nSPS) is 17.6. The van der Waals surface area contributed by atoms with Gasteiger partial charge in [0.2, 0.25) is 5.91 Å². The molecule has 1 unspecified atom stereocenters. The van der Waals surface area contributed by atoms with Crippen LogP contribution < -0.4 is 10.6 Å². The van der Waals surface area contributed by atoms with E-state index < -0.39 is 0 Å². The van der Waals surface area contributed by atoms with Crippen molar-refractivity contribution in [2.45, 2.75) is 59.5 Å². The average molecular weight is 329 g/mol. The number of hydrogen-bond donors (Lipinski definition) is 2. The highest BCUT2D eigenvalue weighted by Gasteiger charge is 2.18. The Morgan fingerprint density at radius 1 is 1.45 bits per heavy atom. The van der Waals surface area contributed by atoms with E-state index >= 15 is 0 Å². The van der Waals surface area contributed by atoms with Gasteiger partial charge in [-0.1, -0.05) is 13.8 Å². The summed E-state index contributed by atoms with van der Waals surface area (Å²) in [7, 11) is 0. The van der Waals surface area contributed by atoms with Gasteiger partial charge in [-0.05, 0) is 39.2 Å². The Morgan fingerprint density at radius 2 is 2.18 bits per heavy atom. The summed E-state index contributed by atoms with van der Waals surface area (Å²) < 4.78 is 2.03. The van der Waals surface area contributed by atoms with Gasteiger partial charge in [0.05, 0.1) is 12.1 Å². The first-order valence-corrected chi connectivity index (χ1v) is 8.00. The number of nitrogens with one attached hydrogen (secondary N) is 2. The van der Waals surface area contributed by atoms with Gasteiger partial charge in [0.15, 0.2) is 0 Å². The van der Waals surface area contributed by atoms with Gasteiger partial charge >= 0.3 is 0 Å². The molecule has 0 aromatic carbocycles. The van der Waals surface area contributed by atoms with E-state index in [1.54, 1.807) is 0 Å². The summed E-state index contributed by atoms with van der Waals surface area (Å²) in [4.78, 5) is 12.1. The second-order valence-corrected chi connectivity index (χ2v) is 6.50. The minimum Gasteiger partial charge on any atom is -0.354 e. The number of halogens is 1. The molecule has 22 heavy (non-hydrogen) atoms. The molecular formula is C16H29ClN4O. The Kier molecular flexibility index (Phi) is 7.36. The molecule has 0 saturated carbocycles. The van der Waals surface area contributed by atoms with E-state index in [2.05, 4.69) is 36.5 Å². The molecule has 1 aliphatic heterocycles. The molecule has 126 valence electrons. The first-order valence-electron chi connectivity index (χ1n) is 8.00. The number of amides is 1. The number of rotatable bonds is 6. The molecule has 6 heteroatoms. The molecule has 1 fully saturated rings. The van der Waals surface area contributed by atoms with Crippen molar-refractivity contribution in [1.82, 2.24) is 20.4 Å². The van der Waals surface area contributed by atoms with Gasteiger partial charge in [0, 0.05) is 30.4 Å². The highest BCUT2D eigenvalue weighted by molar-refractivity contribution is 5.85. The molecule has 1 aromatic rings. The summed E-state index contributed by atoms with van der Waals surface area (Å²) in [5.74, 6) is 0.650. The maximum Gasteiger partial charge on any atom is 0.224 e. The van der Waals surface area contributed by atoms with Crippen molar-refractivity contribution in [1.29, 1.82) is 0 Å². The number of aromatic nitrogens is 2. The predicted octanol–water partition coefficient (Wildman–Crippen LogP) is 1.99. The van der Waals surface area contributed by atoms with Gasteiger partial charge in [-0.3, -0.25) is 9.48 Å². The van der Waals surface area contributed by atoms with Crippen LogP contribution in [0.1, 0.15) is 43.6 Å². The third-order valence-electron chi connectivity index (χ3n) is 4.11. The highest BCUT2D eigenvalue weighted by Crippen LogP contribution is 2.15.